The van der Waals surface area contributed by atoms with Crippen LogP contribution in [0.4, 0.5) is 4.39 Å². The van der Waals surface area contributed by atoms with E-state index in [2.05, 4.69) is 16.9 Å². The summed E-state index contributed by atoms with van der Waals surface area (Å²) in [6.45, 7) is 3.47. The van der Waals surface area contributed by atoms with E-state index in [1.165, 1.54) is 38.7 Å². The van der Waals surface area contributed by atoms with Crippen LogP contribution in [0.15, 0.2) is 20.1 Å². The van der Waals surface area contributed by atoms with Gasteiger partial charge in [-0.1, -0.05) is 13.3 Å². The highest BCUT2D eigenvalue weighted by Gasteiger charge is 2.40. The summed E-state index contributed by atoms with van der Waals surface area (Å²) in [7, 11) is 0. The van der Waals surface area contributed by atoms with Gasteiger partial charge in [0.1, 0.15) is 11.2 Å². The Hall–Kier alpha value is -1.98. The molecule has 2 heterocycles. The van der Waals surface area contributed by atoms with Gasteiger partial charge >= 0.3 is 5.63 Å². The molecule has 0 spiro atoms. The number of hydrogen-bond acceptors (Lipinski definition) is 4. The molecule has 2 aromatic rings. The summed E-state index contributed by atoms with van der Waals surface area (Å²) in [5.41, 5.74) is 0.0393. The van der Waals surface area contributed by atoms with Crippen molar-refractivity contribution in [2.24, 2.45) is 5.41 Å². The molecule has 3 rings (SSSR count). The molecule has 1 aliphatic rings. The van der Waals surface area contributed by atoms with Gasteiger partial charge in [-0.05, 0) is 56.4 Å². The maximum Gasteiger partial charge on any atom is 0.337 e. The van der Waals surface area contributed by atoms with Crippen molar-refractivity contribution >= 4 is 11.1 Å². The Labute approximate surface area is 139 Å². The molecule has 0 bridgehead atoms. The van der Waals surface area contributed by atoms with Gasteiger partial charge in [0.05, 0.1) is 0 Å². The van der Waals surface area contributed by atoms with Crippen LogP contribution in [0.3, 0.4) is 0 Å². The maximum atomic E-state index is 13.4. The van der Waals surface area contributed by atoms with Crippen LogP contribution in [-0.4, -0.2) is 9.97 Å². The number of halogens is 1. The molecule has 1 unspecified atom stereocenters. The number of alkyl halides is 1. The van der Waals surface area contributed by atoms with Gasteiger partial charge in [-0.2, -0.15) is 4.98 Å². The number of hydrogen-bond donors (Lipinski definition) is 1. The molecule has 1 atom stereocenters. The molecule has 0 aromatic carbocycles. The van der Waals surface area contributed by atoms with E-state index in [0.29, 0.717) is 17.4 Å². The van der Waals surface area contributed by atoms with E-state index < -0.39 is 17.4 Å². The normalized spacial score (nSPS) is 17.1. The van der Waals surface area contributed by atoms with Gasteiger partial charge in [0.25, 0.3) is 5.56 Å². The number of rotatable bonds is 7. The molecule has 0 amide bonds. The lowest BCUT2D eigenvalue weighted by Crippen LogP contribution is -2.16. The number of H-pyrrole nitrogens is 1. The molecule has 130 valence electrons. The third-order valence-corrected chi connectivity index (χ3v) is 4.98. The van der Waals surface area contributed by atoms with E-state index in [9.17, 15) is 14.0 Å². The lowest BCUT2D eigenvalue weighted by Gasteiger charge is -2.13. The zero-order chi connectivity index (χ0) is 17.3. The quantitative estimate of drug-likeness (QED) is 0.835. The topological polar surface area (TPSA) is 76.0 Å². The fourth-order valence-corrected chi connectivity index (χ4v) is 3.54. The van der Waals surface area contributed by atoms with Crippen LogP contribution in [0, 0.1) is 5.41 Å². The van der Waals surface area contributed by atoms with Crippen molar-refractivity contribution in [2.75, 3.05) is 0 Å². The first-order chi connectivity index (χ1) is 11.4. The number of nitrogens with one attached hydrogen (secondary N) is 1. The minimum absolute atomic E-state index is 0.0737. The minimum Gasteiger partial charge on any atom is -0.403 e. The number of aromatic amines is 1. The Morgan fingerprint density at radius 2 is 2.12 bits per heavy atom. The van der Waals surface area contributed by atoms with E-state index in [-0.39, 0.29) is 16.9 Å². The van der Waals surface area contributed by atoms with Crippen molar-refractivity contribution in [1.29, 1.82) is 0 Å². The molecule has 6 heteroatoms. The Balaban J connectivity index is 1.87. The van der Waals surface area contributed by atoms with Crippen molar-refractivity contribution in [1.82, 2.24) is 9.97 Å². The molecular weight excluding hydrogens is 311 g/mol. The van der Waals surface area contributed by atoms with Gasteiger partial charge in [0, 0.05) is 6.07 Å². The van der Waals surface area contributed by atoms with E-state index >= 15 is 0 Å². The van der Waals surface area contributed by atoms with Crippen LogP contribution >= 0.6 is 0 Å². The molecule has 24 heavy (non-hydrogen) atoms. The predicted octanol–water partition coefficient (Wildman–Crippen LogP) is 3.81. The van der Waals surface area contributed by atoms with Crippen molar-refractivity contribution in [2.45, 2.75) is 65.0 Å². The SMILES string of the molecule is CCCC1(CCCc2cc(=O)oc3nc(C(C)F)[nH]c(=O)c23)CC1. The summed E-state index contributed by atoms with van der Waals surface area (Å²) in [6.07, 6.45) is 6.20. The number of aryl methyl sites for hydroxylation is 1. The highest BCUT2D eigenvalue weighted by molar-refractivity contribution is 5.75. The summed E-state index contributed by atoms with van der Waals surface area (Å²) in [5.74, 6) is -0.118. The Morgan fingerprint density at radius 1 is 1.38 bits per heavy atom. The lowest BCUT2D eigenvalue weighted by molar-refractivity contribution is 0.354. The first-order valence-electron chi connectivity index (χ1n) is 8.65. The van der Waals surface area contributed by atoms with E-state index in [1.54, 1.807) is 0 Å². The van der Waals surface area contributed by atoms with Crippen LogP contribution in [0.25, 0.3) is 11.1 Å². The third kappa shape index (κ3) is 3.42. The minimum atomic E-state index is -1.43. The highest BCUT2D eigenvalue weighted by Crippen LogP contribution is 2.53. The standard InChI is InChI=1S/C18H23FN2O3/c1-3-6-18(8-9-18)7-4-5-12-10-13(22)24-17-14(12)16(23)20-15(21-17)11(2)19/h10-11H,3-9H2,1-2H3,(H,20,21,23). The molecule has 1 fully saturated rings. The van der Waals surface area contributed by atoms with Crippen LogP contribution in [0.2, 0.25) is 0 Å². The van der Waals surface area contributed by atoms with Crippen molar-refractivity contribution in [3.8, 4) is 0 Å². The molecule has 0 radical (unpaired) electrons. The first-order valence-corrected chi connectivity index (χ1v) is 8.65. The summed E-state index contributed by atoms with van der Waals surface area (Å²) < 4.78 is 18.4. The second kappa shape index (κ2) is 6.49. The zero-order valence-corrected chi connectivity index (χ0v) is 14.2. The Morgan fingerprint density at radius 3 is 2.75 bits per heavy atom. The predicted molar refractivity (Wildman–Crippen MR) is 89.9 cm³/mol. The summed E-state index contributed by atoms with van der Waals surface area (Å²) >= 11 is 0. The van der Waals surface area contributed by atoms with Crippen LogP contribution < -0.4 is 11.2 Å². The molecule has 1 N–H and O–H groups in total. The van der Waals surface area contributed by atoms with Crippen molar-refractivity contribution in [3.05, 3.63) is 38.2 Å². The second-order valence-corrected chi connectivity index (χ2v) is 6.94. The maximum absolute atomic E-state index is 13.4. The van der Waals surface area contributed by atoms with Gasteiger partial charge in [-0.25, -0.2) is 9.18 Å². The lowest BCUT2D eigenvalue weighted by atomic mass is 9.92. The largest absolute Gasteiger partial charge is 0.403 e. The Kier molecular flexibility index (Phi) is 4.56. The molecule has 1 aliphatic carbocycles. The Bertz CT molecular complexity index is 849. The van der Waals surface area contributed by atoms with Crippen LogP contribution in [0.1, 0.15) is 69.9 Å². The van der Waals surface area contributed by atoms with E-state index in [1.807, 2.05) is 0 Å². The van der Waals surface area contributed by atoms with Gasteiger partial charge in [-0.3, -0.25) is 4.79 Å². The molecule has 5 nitrogen and oxygen atoms in total. The zero-order valence-electron chi connectivity index (χ0n) is 14.2. The summed E-state index contributed by atoms with van der Waals surface area (Å²) in [4.78, 5) is 30.4. The fourth-order valence-electron chi connectivity index (χ4n) is 3.54. The average Bonchev–Trinajstić information content (AvgIpc) is 3.26. The third-order valence-electron chi connectivity index (χ3n) is 4.98. The van der Waals surface area contributed by atoms with E-state index in [4.69, 9.17) is 4.42 Å². The molecule has 2 aromatic heterocycles. The van der Waals surface area contributed by atoms with Gasteiger partial charge < -0.3 is 9.40 Å². The number of aromatic nitrogens is 2. The first kappa shape index (κ1) is 16.9. The monoisotopic (exact) mass is 334 g/mol. The van der Waals surface area contributed by atoms with Crippen molar-refractivity contribution in [3.63, 3.8) is 0 Å². The smallest absolute Gasteiger partial charge is 0.337 e. The molecule has 0 saturated heterocycles. The van der Waals surface area contributed by atoms with Gasteiger partial charge in [0.2, 0.25) is 5.71 Å². The number of nitrogens with zero attached hydrogens (tertiary/aromatic N) is 1. The van der Waals surface area contributed by atoms with E-state index in [0.717, 1.165) is 12.8 Å². The van der Waals surface area contributed by atoms with Crippen LogP contribution in [-0.2, 0) is 6.42 Å². The highest BCUT2D eigenvalue weighted by atomic mass is 19.1. The molecule has 1 saturated carbocycles. The van der Waals surface area contributed by atoms with Gasteiger partial charge in [-0.15, -0.1) is 0 Å². The molecule has 0 aliphatic heterocycles. The second-order valence-electron chi connectivity index (χ2n) is 6.94. The average molecular weight is 334 g/mol. The summed E-state index contributed by atoms with van der Waals surface area (Å²) in [6, 6.07) is 1.36. The van der Waals surface area contributed by atoms with Crippen molar-refractivity contribution < 1.29 is 8.81 Å². The molecular formula is C18H23FN2O3. The summed E-state index contributed by atoms with van der Waals surface area (Å²) in [5, 5.41) is 0.263. The fraction of sp³-hybridized carbons (Fsp3) is 0.611. The van der Waals surface area contributed by atoms with Gasteiger partial charge in [0.15, 0.2) is 6.17 Å². The van der Waals surface area contributed by atoms with Crippen LogP contribution in [0.5, 0.6) is 0 Å². The number of fused-ring (bicyclic) bond motifs is 1.